The number of benzene rings is 1. The molecule has 3 nitrogen and oxygen atoms in total. The molecule has 6 heteroatoms. The molecule has 2 N–H and O–H groups in total. The van der Waals surface area contributed by atoms with E-state index in [4.69, 9.17) is 33.7 Å². The van der Waals surface area contributed by atoms with Crippen LogP contribution in [0.4, 0.5) is 5.13 Å². The zero-order valence-corrected chi connectivity index (χ0v) is 10.2. The first kappa shape index (κ1) is 10.8. The molecule has 0 fully saturated rings. The highest BCUT2D eigenvalue weighted by Gasteiger charge is 2.14. The molecule has 0 aliphatic carbocycles. The quantitative estimate of drug-likeness (QED) is 0.900. The minimum absolute atomic E-state index is 0.458. The summed E-state index contributed by atoms with van der Waals surface area (Å²) in [5, 5.41) is 1.41. The molecule has 0 saturated heterocycles. The van der Waals surface area contributed by atoms with E-state index in [0.29, 0.717) is 33.0 Å². The van der Waals surface area contributed by atoms with E-state index in [2.05, 4.69) is 4.98 Å². The van der Waals surface area contributed by atoms with Gasteiger partial charge in [-0.15, -0.1) is 0 Å². The van der Waals surface area contributed by atoms with Crippen LogP contribution in [0.1, 0.15) is 6.92 Å². The minimum Gasteiger partial charge on any atom is -0.491 e. The van der Waals surface area contributed by atoms with Gasteiger partial charge in [-0.25, -0.2) is 4.98 Å². The van der Waals surface area contributed by atoms with Gasteiger partial charge in [-0.3, -0.25) is 0 Å². The summed E-state index contributed by atoms with van der Waals surface area (Å²) in [5.41, 5.74) is 6.30. The van der Waals surface area contributed by atoms with Crippen LogP contribution in [-0.4, -0.2) is 11.6 Å². The van der Waals surface area contributed by atoms with Gasteiger partial charge >= 0.3 is 0 Å². The van der Waals surface area contributed by atoms with Crippen LogP contribution < -0.4 is 10.5 Å². The second kappa shape index (κ2) is 4.04. The van der Waals surface area contributed by atoms with Crippen molar-refractivity contribution in [2.45, 2.75) is 6.92 Å². The summed E-state index contributed by atoms with van der Waals surface area (Å²) >= 11 is 13.5. The Labute approximate surface area is 101 Å². The largest absolute Gasteiger partial charge is 0.491 e. The Kier molecular flexibility index (Phi) is 2.91. The predicted molar refractivity (Wildman–Crippen MR) is 65.2 cm³/mol. The molecule has 1 aromatic carbocycles. The normalized spacial score (nSPS) is 10.9. The average molecular weight is 263 g/mol. The number of thiazole rings is 1. The monoisotopic (exact) mass is 262 g/mol. The number of hydrogen-bond acceptors (Lipinski definition) is 4. The maximum Gasteiger partial charge on any atom is 0.181 e. The summed E-state index contributed by atoms with van der Waals surface area (Å²) in [5.74, 6) is 0.497. The second-order valence-corrected chi connectivity index (χ2v) is 4.65. The third-order valence-electron chi connectivity index (χ3n) is 1.84. The van der Waals surface area contributed by atoms with Crippen molar-refractivity contribution in [2.75, 3.05) is 12.3 Å². The smallest absolute Gasteiger partial charge is 0.181 e. The van der Waals surface area contributed by atoms with Gasteiger partial charge in [-0.05, 0) is 13.0 Å². The fraction of sp³-hybridized carbons (Fsp3) is 0.222. The summed E-state index contributed by atoms with van der Waals surface area (Å²) in [6, 6.07) is 1.71. The van der Waals surface area contributed by atoms with Crippen LogP contribution in [0.5, 0.6) is 5.75 Å². The van der Waals surface area contributed by atoms with E-state index in [1.54, 1.807) is 6.07 Å². The standard InChI is InChI=1S/C9H8Cl2N2OS/c1-2-14-7-4(10)3-5-8(6(7)11)15-9(12)13-5/h3H,2H2,1H3,(H2,12,13). The first-order valence-electron chi connectivity index (χ1n) is 4.30. The van der Waals surface area contributed by atoms with E-state index < -0.39 is 0 Å². The summed E-state index contributed by atoms with van der Waals surface area (Å²) in [4.78, 5) is 4.11. The predicted octanol–water partition coefficient (Wildman–Crippen LogP) is 3.58. The summed E-state index contributed by atoms with van der Waals surface area (Å²) < 4.78 is 6.17. The van der Waals surface area contributed by atoms with Gasteiger partial charge in [0.05, 0.1) is 21.8 Å². The first-order valence-corrected chi connectivity index (χ1v) is 5.87. The zero-order chi connectivity index (χ0) is 11.0. The molecule has 0 aliphatic heterocycles. The molecule has 0 radical (unpaired) electrons. The van der Waals surface area contributed by atoms with Gasteiger partial charge in [0, 0.05) is 0 Å². The van der Waals surface area contributed by atoms with Crippen LogP contribution in [-0.2, 0) is 0 Å². The highest BCUT2D eigenvalue weighted by molar-refractivity contribution is 7.22. The van der Waals surface area contributed by atoms with E-state index in [9.17, 15) is 0 Å². The summed E-state index contributed by atoms with van der Waals surface area (Å²) in [6.45, 7) is 2.39. The lowest BCUT2D eigenvalue weighted by atomic mass is 10.3. The molecule has 0 aliphatic rings. The molecule has 0 saturated carbocycles. The Morgan fingerprint density at radius 3 is 2.93 bits per heavy atom. The van der Waals surface area contributed by atoms with Crippen molar-refractivity contribution in [3.63, 3.8) is 0 Å². The van der Waals surface area contributed by atoms with Gasteiger partial charge in [0.1, 0.15) is 5.02 Å². The molecule has 2 rings (SSSR count). The molecule has 1 aromatic heterocycles. The van der Waals surface area contributed by atoms with Gasteiger partial charge in [0.25, 0.3) is 0 Å². The van der Waals surface area contributed by atoms with Crippen LogP contribution in [0.2, 0.25) is 10.0 Å². The second-order valence-electron chi connectivity index (χ2n) is 2.83. The van der Waals surface area contributed by atoms with Crippen molar-refractivity contribution in [1.82, 2.24) is 4.98 Å². The Morgan fingerprint density at radius 2 is 2.27 bits per heavy atom. The zero-order valence-electron chi connectivity index (χ0n) is 7.88. The Morgan fingerprint density at radius 1 is 1.53 bits per heavy atom. The lowest BCUT2D eigenvalue weighted by molar-refractivity contribution is 0.341. The molecule has 0 spiro atoms. The SMILES string of the molecule is CCOc1c(Cl)cc2nc(N)sc2c1Cl. The number of nitrogens with two attached hydrogens (primary N) is 1. The van der Waals surface area contributed by atoms with Crippen LogP contribution in [0.3, 0.4) is 0 Å². The van der Waals surface area contributed by atoms with Gasteiger partial charge in [-0.1, -0.05) is 34.5 Å². The van der Waals surface area contributed by atoms with Crippen LogP contribution in [0.25, 0.3) is 10.2 Å². The number of ether oxygens (including phenoxy) is 1. The van der Waals surface area contributed by atoms with Gasteiger partial charge in [0.15, 0.2) is 10.9 Å². The molecular formula is C9H8Cl2N2OS. The molecule has 15 heavy (non-hydrogen) atoms. The van der Waals surface area contributed by atoms with Crippen molar-refractivity contribution in [2.24, 2.45) is 0 Å². The molecular weight excluding hydrogens is 255 g/mol. The molecule has 80 valence electrons. The van der Waals surface area contributed by atoms with Crippen molar-refractivity contribution in [3.8, 4) is 5.75 Å². The van der Waals surface area contributed by atoms with E-state index >= 15 is 0 Å². The summed E-state index contributed by atoms with van der Waals surface area (Å²) in [6.07, 6.45) is 0. The molecule has 0 unspecified atom stereocenters. The third kappa shape index (κ3) is 1.85. The Balaban J connectivity index is 2.71. The number of anilines is 1. The van der Waals surface area contributed by atoms with Crippen molar-refractivity contribution < 1.29 is 4.74 Å². The number of aromatic nitrogens is 1. The lowest BCUT2D eigenvalue weighted by Gasteiger charge is -2.07. The van der Waals surface area contributed by atoms with E-state index in [1.807, 2.05) is 6.92 Å². The molecule has 1 heterocycles. The van der Waals surface area contributed by atoms with E-state index in [1.165, 1.54) is 11.3 Å². The van der Waals surface area contributed by atoms with Crippen molar-refractivity contribution in [1.29, 1.82) is 0 Å². The summed E-state index contributed by atoms with van der Waals surface area (Å²) in [7, 11) is 0. The molecule has 0 atom stereocenters. The maximum absolute atomic E-state index is 6.14. The topological polar surface area (TPSA) is 48.1 Å². The third-order valence-corrected chi connectivity index (χ3v) is 3.51. The minimum atomic E-state index is 0.458. The average Bonchev–Trinajstić information content (AvgIpc) is 2.53. The number of nitrogen functional groups attached to an aromatic ring is 1. The first-order chi connectivity index (χ1) is 7.13. The molecule has 2 aromatic rings. The highest BCUT2D eigenvalue weighted by atomic mass is 35.5. The number of rotatable bonds is 2. The Hall–Kier alpha value is -0.710. The van der Waals surface area contributed by atoms with Crippen LogP contribution in [0.15, 0.2) is 6.07 Å². The van der Waals surface area contributed by atoms with Gasteiger partial charge in [-0.2, -0.15) is 0 Å². The van der Waals surface area contributed by atoms with Crippen LogP contribution in [0, 0.1) is 0 Å². The molecule has 0 amide bonds. The number of halogens is 2. The number of fused-ring (bicyclic) bond motifs is 1. The highest BCUT2D eigenvalue weighted by Crippen LogP contribution is 2.42. The van der Waals surface area contributed by atoms with Gasteiger partial charge < -0.3 is 10.5 Å². The van der Waals surface area contributed by atoms with E-state index in [-0.39, 0.29) is 0 Å². The lowest BCUT2D eigenvalue weighted by Crippen LogP contribution is -1.93. The van der Waals surface area contributed by atoms with Crippen molar-refractivity contribution >= 4 is 49.9 Å². The van der Waals surface area contributed by atoms with E-state index in [0.717, 1.165) is 4.70 Å². The number of hydrogen-bond donors (Lipinski definition) is 1. The fourth-order valence-corrected chi connectivity index (χ4v) is 2.69. The maximum atomic E-state index is 6.14. The van der Waals surface area contributed by atoms with Crippen LogP contribution >= 0.6 is 34.5 Å². The molecule has 0 bridgehead atoms. The van der Waals surface area contributed by atoms with Crippen molar-refractivity contribution in [3.05, 3.63) is 16.1 Å². The fourth-order valence-electron chi connectivity index (χ4n) is 1.27. The Bertz CT molecular complexity index is 512. The van der Waals surface area contributed by atoms with Gasteiger partial charge in [0.2, 0.25) is 0 Å². The number of nitrogens with zero attached hydrogens (tertiary/aromatic N) is 1.